The fraction of sp³-hybridized carbons (Fsp3) is 0.462. The molecule has 0 aromatic carbocycles. The predicted molar refractivity (Wildman–Crippen MR) is 65.8 cm³/mol. The molecule has 1 saturated carbocycles. The molecule has 1 fully saturated rings. The van der Waals surface area contributed by atoms with E-state index in [9.17, 15) is 4.79 Å². The van der Waals surface area contributed by atoms with Crippen LogP contribution >= 0.6 is 0 Å². The third kappa shape index (κ3) is 1.96. The van der Waals surface area contributed by atoms with Crippen molar-refractivity contribution in [2.45, 2.75) is 38.0 Å². The van der Waals surface area contributed by atoms with Gasteiger partial charge in [-0.25, -0.2) is 14.3 Å². The molecule has 1 aliphatic rings. The second-order valence-corrected chi connectivity index (χ2v) is 4.85. The van der Waals surface area contributed by atoms with Crippen LogP contribution < -0.4 is 0 Å². The smallest absolute Gasteiger partial charge is 0.338 e. The van der Waals surface area contributed by atoms with Gasteiger partial charge in [0.25, 0.3) is 0 Å². The number of hydrogen-bond donors (Lipinski definition) is 1. The van der Waals surface area contributed by atoms with Gasteiger partial charge in [0.05, 0.1) is 11.3 Å². The van der Waals surface area contributed by atoms with Crippen LogP contribution in [-0.2, 0) is 0 Å². The van der Waals surface area contributed by atoms with Crippen molar-refractivity contribution >= 4 is 11.6 Å². The quantitative estimate of drug-likeness (QED) is 0.882. The number of fused-ring (bicyclic) bond motifs is 1. The molecule has 0 bridgehead atoms. The zero-order chi connectivity index (χ0) is 12.5. The van der Waals surface area contributed by atoms with Gasteiger partial charge in [0.1, 0.15) is 0 Å². The molecule has 5 nitrogen and oxygen atoms in total. The maximum atomic E-state index is 10.9. The van der Waals surface area contributed by atoms with E-state index in [0.29, 0.717) is 5.92 Å². The molecule has 0 radical (unpaired) electrons. The summed E-state index contributed by atoms with van der Waals surface area (Å²) in [4.78, 5) is 15.0. The Hall–Kier alpha value is -1.91. The summed E-state index contributed by atoms with van der Waals surface area (Å²) >= 11 is 0. The van der Waals surface area contributed by atoms with Crippen molar-refractivity contribution < 1.29 is 9.90 Å². The number of carboxylic acids is 1. The molecule has 2 heterocycles. The highest BCUT2D eigenvalue weighted by molar-refractivity contribution is 5.87. The summed E-state index contributed by atoms with van der Waals surface area (Å²) in [5.41, 5.74) is 1.94. The summed E-state index contributed by atoms with van der Waals surface area (Å²) in [5.74, 6) is -0.465. The topological polar surface area (TPSA) is 67.5 Å². The molecule has 3 rings (SSSR count). The van der Waals surface area contributed by atoms with E-state index >= 15 is 0 Å². The summed E-state index contributed by atoms with van der Waals surface area (Å²) < 4.78 is 1.58. The first-order valence-electron chi connectivity index (χ1n) is 6.32. The first-order chi connectivity index (χ1) is 8.74. The molecule has 94 valence electrons. The van der Waals surface area contributed by atoms with Gasteiger partial charge in [0.2, 0.25) is 0 Å². The van der Waals surface area contributed by atoms with Crippen LogP contribution in [0.15, 0.2) is 18.5 Å². The second-order valence-electron chi connectivity index (χ2n) is 4.85. The van der Waals surface area contributed by atoms with Gasteiger partial charge in [-0.05, 0) is 12.8 Å². The Bertz CT molecular complexity index is 585. The van der Waals surface area contributed by atoms with Gasteiger partial charge < -0.3 is 5.11 Å². The third-order valence-electron chi connectivity index (χ3n) is 3.60. The molecular formula is C13H15N3O2. The van der Waals surface area contributed by atoms with Crippen molar-refractivity contribution in [1.29, 1.82) is 0 Å². The average molecular weight is 245 g/mol. The average Bonchev–Trinajstić information content (AvgIpc) is 2.82. The predicted octanol–water partition coefficient (Wildman–Crippen LogP) is 2.48. The summed E-state index contributed by atoms with van der Waals surface area (Å²) in [5, 5.41) is 13.4. The van der Waals surface area contributed by atoms with Crippen molar-refractivity contribution in [3.8, 4) is 0 Å². The lowest BCUT2D eigenvalue weighted by Gasteiger charge is -2.18. The number of rotatable bonds is 2. The lowest BCUT2D eigenvalue weighted by atomic mass is 9.87. The van der Waals surface area contributed by atoms with Crippen LogP contribution in [0.25, 0.3) is 5.65 Å². The van der Waals surface area contributed by atoms with E-state index in [0.717, 1.165) is 11.3 Å². The minimum Gasteiger partial charge on any atom is -0.478 e. The van der Waals surface area contributed by atoms with Gasteiger partial charge in [0, 0.05) is 24.4 Å². The molecule has 0 saturated heterocycles. The molecule has 5 heteroatoms. The highest BCUT2D eigenvalue weighted by atomic mass is 16.4. The number of carboxylic acid groups (broad SMARTS) is 1. The molecule has 1 aliphatic carbocycles. The maximum Gasteiger partial charge on any atom is 0.338 e. The Labute approximate surface area is 104 Å². The standard InChI is InChI=1S/C13H15N3O2/c17-13(18)10-7-14-12-6-11(15-16(12)8-10)9-4-2-1-3-5-9/h6-9H,1-5H2,(H,17,18). The van der Waals surface area contributed by atoms with E-state index in [1.807, 2.05) is 6.07 Å². The minimum atomic E-state index is -0.973. The SMILES string of the molecule is O=C(O)c1cnc2cc(C3CCCCC3)nn2c1. The van der Waals surface area contributed by atoms with Crippen molar-refractivity contribution in [3.63, 3.8) is 0 Å². The number of aromatic carboxylic acids is 1. The normalized spacial score (nSPS) is 17.1. The molecule has 0 spiro atoms. The van der Waals surface area contributed by atoms with Crippen molar-refractivity contribution in [2.24, 2.45) is 0 Å². The molecule has 0 unspecified atom stereocenters. The second kappa shape index (κ2) is 4.40. The van der Waals surface area contributed by atoms with Gasteiger partial charge >= 0.3 is 5.97 Å². The Kier molecular flexibility index (Phi) is 2.74. The largest absolute Gasteiger partial charge is 0.478 e. The Morgan fingerprint density at radius 3 is 2.83 bits per heavy atom. The zero-order valence-corrected chi connectivity index (χ0v) is 10.0. The molecule has 0 amide bonds. The Morgan fingerprint density at radius 2 is 2.11 bits per heavy atom. The molecule has 2 aromatic rings. The third-order valence-corrected chi connectivity index (χ3v) is 3.60. The van der Waals surface area contributed by atoms with Crippen LogP contribution in [0.2, 0.25) is 0 Å². The summed E-state index contributed by atoms with van der Waals surface area (Å²) in [6, 6.07) is 1.97. The summed E-state index contributed by atoms with van der Waals surface area (Å²) in [6.45, 7) is 0. The fourth-order valence-electron chi connectivity index (χ4n) is 2.60. The number of aromatic nitrogens is 3. The molecule has 2 aromatic heterocycles. The summed E-state index contributed by atoms with van der Waals surface area (Å²) in [7, 11) is 0. The Balaban J connectivity index is 1.97. The van der Waals surface area contributed by atoms with Crippen LogP contribution in [-0.4, -0.2) is 25.7 Å². The molecule has 0 atom stereocenters. The van der Waals surface area contributed by atoms with Crippen LogP contribution in [0.1, 0.15) is 54.1 Å². The molecule has 0 aliphatic heterocycles. The fourth-order valence-corrected chi connectivity index (χ4v) is 2.60. The number of nitrogens with zero attached hydrogens (tertiary/aromatic N) is 3. The van der Waals surface area contributed by atoms with Crippen LogP contribution in [0.3, 0.4) is 0 Å². The van der Waals surface area contributed by atoms with E-state index in [-0.39, 0.29) is 5.56 Å². The number of hydrogen-bond acceptors (Lipinski definition) is 3. The van der Waals surface area contributed by atoms with Crippen LogP contribution in [0.4, 0.5) is 0 Å². The van der Waals surface area contributed by atoms with E-state index < -0.39 is 5.97 Å². The van der Waals surface area contributed by atoms with Gasteiger partial charge in [-0.1, -0.05) is 19.3 Å². The maximum absolute atomic E-state index is 10.9. The highest BCUT2D eigenvalue weighted by Crippen LogP contribution is 2.31. The van der Waals surface area contributed by atoms with Crippen molar-refractivity contribution in [1.82, 2.24) is 14.6 Å². The van der Waals surface area contributed by atoms with Crippen molar-refractivity contribution in [2.75, 3.05) is 0 Å². The summed E-state index contributed by atoms with van der Waals surface area (Å²) in [6.07, 6.45) is 9.08. The molecule has 1 N–H and O–H groups in total. The molecule has 18 heavy (non-hydrogen) atoms. The monoisotopic (exact) mass is 245 g/mol. The van der Waals surface area contributed by atoms with Crippen molar-refractivity contribution in [3.05, 3.63) is 29.7 Å². The first kappa shape index (κ1) is 11.2. The highest BCUT2D eigenvalue weighted by Gasteiger charge is 2.19. The van der Waals surface area contributed by atoms with Gasteiger partial charge in [-0.15, -0.1) is 0 Å². The lowest BCUT2D eigenvalue weighted by Crippen LogP contribution is -2.05. The van der Waals surface area contributed by atoms with Gasteiger partial charge in [-0.2, -0.15) is 5.10 Å². The molecular weight excluding hydrogens is 230 g/mol. The van der Waals surface area contributed by atoms with E-state index in [1.54, 1.807) is 4.52 Å². The van der Waals surface area contributed by atoms with Gasteiger partial charge in [-0.3, -0.25) is 0 Å². The van der Waals surface area contributed by atoms with Gasteiger partial charge in [0.15, 0.2) is 5.65 Å². The van der Waals surface area contributed by atoms with Crippen LogP contribution in [0, 0.1) is 0 Å². The lowest BCUT2D eigenvalue weighted by molar-refractivity contribution is 0.0695. The minimum absolute atomic E-state index is 0.167. The van der Waals surface area contributed by atoms with E-state index in [4.69, 9.17) is 5.11 Å². The number of carbonyl (C=O) groups is 1. The Morgan fingerprint density at radius 1 is 1.33 bits per heavy atom. The van der Waals surface area contributed by atoms with E-state index in [2.05, 4.69) is 10.1 Å². The first-order valence-corrected chi connectivity index (χ1v) is 6.32. The van der Waals surface area contributed by atoms with E-state index in [1.165, 1.54) is 44.5 Å². The van der Waals surface area contributed by atoms with Crippen LogP contribution in [0.5, 0.6) is 0 Å². The zero-order valence-electron chi connectivity index (χ0n) is 10.0.